The maximum Gasteiger partial charge on any atom is 0.255 e. The van der Waals surface area contributed by atoms with Crippen LogP contribution in [0, 0.1) is 12.3 Å². The molecule has 1 aromatic carbocycles. The van der Waals surface area contributed by atoms with E-state index in [4.69, 9.17) is 11.1 Å². The molecule has 0 aliphatic rings. The number of nitrogen functional groups attached to an aromatic ring is 1. The van der Waals surface area contributed by atoms with Crippen molar-refractivity contribution >= 4 is 17.6 Å². The van der Waals surface area contributed by atoms with Gasteiger partial charge in [0.15, 0.2) is 0 Å². The summed E-state index contributed by atoms with van der Waals surface area (Å²) in [5.41, 5.74) is 8.03. The number of nitrogens with two attached hydrogens (primary N) is 1. The minimum absolute atomic E-state index is 0.441. The Hall–Kier alpha value is -1.65. The van der Waals surface area contributed by atoms with E-state index in [1.54, 1.807) is 19.1 Å². The van der Waals surface area contributed by atoms with Gasteiger partial charge in [0, 0.05) is 23.2 Å². The summed E-state index contributed by atoms with van der Waals surface area (Å²) in [6.45, 7) is 1.36. The molecule has 0 heterocycles. The number of nitrogens with one attached hydrogen (secondary N) is 2. The van der Waals surface area contributed by atoms with Crippen molar-refractivity contribution in [3.05, 3.63) is 23.3 Å². The fraction of sp³-hybridized carbons (Fsp3) is 0.300. The molecule has 1 aromatic rings. The molecule has 1 rings (SSSR count). The molecule has 15 heavy (non-hydrogen) atoms. The van der Waals surface area contributed by atoms with E-state index in [0.29, 0.717) is 16.9 Å². The minimum Gasteiger partial charge on any atom is -0.398 e. The molecule has 0 bridgehead atoms. The topological polar surface area (TPSA) is 61.9 Å². The smallest absolute Gasteiger partial charge is 0.255 e. The second kappa shape index (κ2) is 4.72. The zero-order chi connectivity index (χ0) is 11.4. The van der Waals surface area contributed by atoms with Crippen LogP contribution >= 0.6 is 0 Å². The lowest BCUT2D eigenvalue weighted by atomic mass is 10.1. The van der Waals surface area contributed by atoms with E-state index >= 15 is 0 Å². The Bertz CT molecular complexity index is 364. The highest BCUT2D eigenvalue weighted by molar-refractivity contribution is 5.87. The van der Waals surface area contributed by atoms with Crippen molar-refractivity contribution in [2.45, 2.75) is 13.3 Å². The van der Waals surface area contributed by atoms with E-state index in [1.807, 2.05) is 0 Å². The van der Waals surface area contributed by atoms with Gasteiger partial charge in [-0.15, -0.1) is 0 Å². The number of alkyl halides is 2. The third kappa shape index (κ3) is 2.90. The lowest BCUT2D eigenvalue weighted by molar-refractivity contribution is 0.163. The van der Waals surface area contributed by atoms with Crippen molar-refractivity contribution in [1.29, 1.82) is 5.41 Å². The van der Waals surface area contributed by atoms with E-state index < -0.39 is 13.0 Å². The summed E-state index contributed by atoms with van der Waals surface area (Å²) < 4.78 is 24.0. The normalized spacial score (nSPS) is 10.4. The number of hydrogen-bond acceptors (Lipinski definition) is 3. The summed E-state index contributed by atoms with van der Waals surface area (Å²) in [6, 6.07) is 3.26. The first-order valence-corrected chi connectivity index (χ1v) is 4.47. The minimum atomic E-state index is -2.42. The van der Waals surface area contributed by atoms with Crippen molar-refractivity contribution in [2.24, 2.45) is 0 Å². The molecule has 0 radical (unpaired) electrons. The summed E-state index contributed by atoms with van der Waals surface area (Å²) in [5.74, 6) is 0. The van der Waals surface area contributed by atoms with Gasteiger partial charge in [-0.25, -0.2) is 8.78 Å². The van der Waals surface area contributed by atoms with Crippen LogP contribution in [-0.2, 0) is 0 Å². The fourth-order valence-electron chi connectivity index (χ4n) is 1.21. The molecule has 0 saturated carbocycles. The molecule has 0 aliphatic carbocycles. The van der Waals surface area contributed by atoms with Gasteiger partial charge in [-0.1, -0.05) is 0 Å². The van der Waals surface area contributed by atoms with E-state index in [1.165, 1.54) is 0 Å². The Morgan fingerprint density at radius 3 is 2.73 bits per heavy atom. The highest BCUT2D eigenvalue weighted by atomic mass is 19.3. The molecular weight excluding hydrogens is 200 g/mol. The number of hydrogen-bond donors (Lipinski definition) is 3. The lowest BCUT2D eigenvalue weighted by Gasteiger charge is -2.11. The van der Waals surface area contributed by atoms with Gasteiger partial charge >= 0.3 is 0 Å². The number of rotatable bonds is 4. The van der Waals surface area contributed by atoms with Crippen LogP contribution in [0.5, 0.6) is 0 Å². The molecule has 82 valence electrons. The first-order chi connectivity index (χ1) is 7.04. The van der Waals surface area contributed by atoms with Gasteiger partial charge in [-0.2, -0.15) is 0 Å². The van der Waals surface area contributed by atoms with Crippen LogP contribution in [0.4, 0.5) is 20.2 Å². The number of benzene rings is 1. The first-order valence-electron chi connectivity index (χ1n) is 4.47. The monoisotopic (exact) mass is 213 g/mol. The second-order valence-electron chi connectivity index (χ2n) is 3.21. The van der Waals surface area contributed by atoms with Crippen LogP contribution in [0.2, 0.25) is 0 Å². The molecule has 0 aliphatic heterocycles. The third-order valence-corrected chi connectivity index (χ3v) is 2.04. The fourth-order valence-corrected chi connectivity index (χ4v) is 1.21. The van der Waals surface area contributed by atoms with E-state index in [0.717, 1.165) is 11.8 Å². The Balaban J connectivity index is 2.94. The second-order valence-corrected chi connectivity index (χ2v) is 3.21. The van der Waals surface area contributed by atoms with Crippen molar-refractivity contribution in [3.8, 4) is 0 Å². The van der Waals surface area contributed by atoms with Gasteiger partial charge < -0.3 is 16.5 Å². The molecule has 0 spiro atoms. The molecule has 0 unspecified atom stereocenters. The molecule has 0 fully saturated rings. The van der Waals surface area contributed by atoms with Crippen LogP contribution in [0.1, 0.15) is 11.1 Å². The molecule has 5 heteroatoms. The molecule has 0 saturated heterocycles. The van der Waals surface area contributed by atoms with Crippen LogP contribution in [0.15, 0.2) is 12.1 Å². The van der Waals surface area contributed by atoms with Gasteiger partial charge in [-0.05, 0) is 24.6 Å². The zero-order valence-corrected chi connectivity index (χ0v) is 8.35. The van der Waals surface area contributed by atoms with Gasteiger partial charge in [0.05, 0.1) is 6.54 Å². The predicted octanol–water partition coefficient (Wildman–Crippen LogP) is 2.25. The number of anilines is 2. The first kappa shape index (κ1) is 11.4. The van der Waals surface area contributed by atoms with Gasteiger partial charge in [-0.3, -0.25) is 0 Å². The summed E-state index contributed by atoms with van der Waals surface area (Å²) in [6.07, 6.45) is -1.31. The summed E-state index contributed by atoms with van der Waals surface area (Å²) in [4.78, 5) is 0. The molecule has 0 aromatic heterocycles. The van der Waals surface area contributed by atoms with Crippen LogP contribution < -0.4 is 11.1 Å². The van der Waals surface area contributed by atoms with E-state index in [2.05, 4.69) is 5.32 Å². The van der Waals surface area contributed by atoms with Crippen LogP contribution in [0.3, 0.4) is 0 Å². The zero-order valence-electron chi connectivity index (χ0n) is 8.35. The molecule has 3 nitrogen and oxygen atoms in total. The molecule has 0 amide bonds. The average molecular weight is 213 g/mol. The third-order valence-electron chi connectivity index (χ3n) is 2.04. The SMILES string of the molecule is Cc1cc(C=N)c(NCC(F)F)cc1N. The highest BCUT2D eigenvalue weighted by Gasteiger charge is 2.06. The maximum absolute atomic E-state index is 12.0. The lowest BCUT2D eigenvalue weighted by Crippen LogP contribution is -2.12. The Kier molecular flexibility index (Phi) is 3.60. The Morgan fingerprint density at radius 2 is 2.20 bits per heavy atom. The summed E-state index contributed by atoms with van der Waals surface area (Å²) in [7, 11) is 0. The molecule has 4 N–H and O–H groups in total. The predicted molar refractivity (Wildman–Crippen MR) is 58.0 cm³/mol. The highest BCUT2D eigenvalue weighted by Crippen LogP contribution is 2.21. The number of aryl methyl sites for hydroxylation is 1. The van der Waals surface area contributed by atoms with Crippen molar-refractivity contribution in [3.63, 3.8) is 0 Å². The summed E-state index contributed by atoms with van der Waals surface area (Å²) >= 11 is 0. The van der Waals surface area contributed by atoms with Crippen molar-refractivity contribution < 1.29 is 8.78 Å². The molecule has 0 atom stereocenters. The van der Waals surface area contributed by atoms with Crippen molar-refractivity contribution in [1.82, 2.24) is 0 Å². The Labute approximate surface area is 86.8 Å². The standard InChI is InChI=1S/C10H13F2N3/c1-6-2-7(4-13)9(3-8(6)14)15-5-10(11)12/h2-4,10,13,15H,5,14H2,1H3. The summed E-state index contributed by atoms with van der Waals surface area (Å²) in [5, 5.41) is 9.69. The van der Waals surface area contributed by atoms with E-state index in [9.17, 15) is 8.78 Å². The van der Waals surface area contributed by atoms with Gasteiger partial charge in [0.2, 0.25) is 0 Å². The average Bonchev–Trinajstić information content (AvgIpc) is 2.19. The quantitative estimate of drug-likeness (QED) is 0.530. The number of halogens is 2. The van der Waals surface area contributed by atoms with E-state index in [-0.39, 0.29) is 0 Å². The van der Waals surface area contributed by atoms with Crippen LogP contribution in [-0.4, -0.2) is 19.2 Å². The maximum atomic E-state index is 12.0. The Morgan fingerprint density at radius 1 is 1.53 bits per heavy atom. The van der Waals surface area contributed by atoms with Gasteiger partial charge in [0.1, 0.15) is 0 Å². The van der Waals surface area contributed by atoms with Crippen molar-refractivity contribution in [2.75, 3.05) is 17.6 Å². The van der Waals surface area contributed by atoms with Gasteiger partial charge in [0.25, 0.3) is 6.43 Å². The van der Waals surface area contributed by atoms with Crippen LogP contribution in [0.25, 0.3) is 0 Å². The molecular formula is C10H13F2N3. The largest absolute Gasteiger partial charge is 0.398 e.